The molecule has 2 radical (unpaired) electrons. The van der Waals surface area contributed by atoms with Gasteiger partial charge in [-0.1, -0.05) is 11.5 Å². The van der Waals surface area contributed by atoms with Crippen molar-refractivity contribution in [3.8, 4) is 5.75 Å². The zero-order valence-corrected chi connectivity index (χ0v) is 7.63. The maximum atomic E-state index is 11.2. The van der Waals surface area contributed by atoms with Gasteiger partial charge in [-0.2, -0.15) is 0 Å². The Morgan fingerprint density at radius 3 is 2.69 bits per heavy atom. The van der Waals surface area contributed by atoms with E-state index in [9.17, 15) is 4.79 Å². The van der Waals surface area contributed by atoms with Crippen molar-refractivity contribution in [3.63, 3.8) is 0 Å². The summed E-state index contributed by atoms with van der Waals surface area (Å²) in [6.07, 6.45) is 0. The maximum absolute atomic E-state index is 11.2. The first-order valence-electron chi connectivity index (χ1n) is 3.84. The molecule has 0 heterocycles. The third-order valence-corrected chi connectivity index (χ3v) is 1.65. The topological polar surface area (TPSA) is 38.3 Å². The lowest BCUT2D eigenvalue weighted by atomic mass is 9.94. The van der Waals surface area contributed by atoms with Gasteiger partial charge in [0.05, 0.1) is 7.11 Å². The molecule has 1 rings (SSSR count). The molecule has 1 N–H and O–H groups in total. The molecular weight excluding hydrogens is 165 g/mol. The fourth-order valence-corrected chi connectivity index (χ4v) is 1.02. The first-order chi connectivity index (χ1) is 6.17. The monoisotopic (exact) mass is 175 g/mol. The molecule has 66 valence electrons. The van der Waals surface area contributed by atoms with E-state index in [0.29, 0.717) is 16.8 Å². The predicted octanol–water partition coefficient (Wildman–Crippen LogP) is -0.151. The Kier molecular flexibility index (Phi) is 2.95. The van der Waals surface area contributed by atoms with Gasteiger partial charge in [0, 0.05) is 12.6 Å². The van der Waals surface area contributed by atoms with Crippen molar-refractivity contribution < 1.29 is 9.53 Å². The summed E-state index contributed by atoms with van der Waals surface area (Å²) in [6.45, 7) is 0. The van der Waals surface area contributed by atoms with Crippen LogP contribution in [0.1, 0.15) is 10.4 Å². The van der Waals surface area contributed by atoms with E-state index in [1.165, 1.54) is 7.11 Å². The molecule has 0 aliphatic heterocycles. The van der Waals surface area contributed by atoms with Gasteiger partial charge in [-0.15, -0.1) is 0 Å². The Bertz CT molecular complexity index is 325. The minimum Gasteiger partial charge on any atom is -0.497 e. The summed E-state index contributed by atoms with van der Waals surface area (Å²) < 4.78 is 4.97. The molecule has 13 heavy (non-hydrogen) atoms. The van der Waals surface area contributed by atoms with Crippen LogP contribution in [-0.4, -0.2) is 27.9 Å². The third-order valence-electron chi connectivity index (χ3n) is 1.65. The van der Waals surface area contributed by atoms with E-state index in [2.05, 4.69) is 5.32 Å². The van der Waals surface area contributed by atoms with Gasteiger partial charge < -0.3 is 10.1 Å². The first-order valence-corrected chi connectivity index (χ1v) is 3.84. The van der Waals surface area contributed by atoms with Crippen molar-refractivity contribution in [2.45, 2.75) is 0 Å². The maximum Gasteiger partial charge on any atom is 0.251 e. The van der Waals surface area contributed by atoms with Crippen LogP contribution in [0.15, 0.2) is 18.2 Å². The summed E-state index contributed by atoms with van der Waals surface area (Å²) >= 11 is 0. The number of carbonyl (C=O) groups excluding carboxylic acids is 1. The molecule has 0 saturated heterocycles. The number of ether oxygens (including phenoxy) is 1. The highest BCUT2D eigenvalue weighted by molar-refractivity contribution is 6.32. The molecule has 1 amide bonds. The molecule has 0 aromatic heterocycles. The molecule has 4 heteroatoms. The lowest BCUT2D eigenvalue weighted by Gasteiger charge is -2.05. The number of nitrogens with one attached hydrogen (secondary N) is 1. The van der Waals surface area contributed by atoms with Gasteiger partial charge in [0.25, 0.3) is 5.91 Å². The second kappa shape index (κ2) is 3.98. The first kappa shape index (κ1) is 9.64. The summed E-state index contributed by atoms with van der Waals surface area (Å²) in [6, 6.07) is 4.89. The largest absolute Gasteiger partial charge is 0.497 e. The van der Waals surface area contributed by atoms with Crippen LogP contribution in [0.25, 0.3) is 0 Å². The number of carbonyl (C=O) groups is 1. The standard InChI is InChI=1S/C9H10BNO2/c1-11-9(12)6-3-7(10)5-8(4-6)13-2/h3-5H,1-2H3,(H,11,12). The third kappa shape index (κ3) is 2.24. The Balaban J connectivity index is 3.08. The fourth-order valence-electron chi connectivity index (χ4n) is 1.02. The molecule has 0 aliphatic rings. The van der Waals surface area contributed by atoms with Crippen LogP contribution in [0.2, 0.25) is 0 Å². The number of rotatable bonds is 2. The predicted molar refractivity (Wildman–Crippen MR) is 51.8 cm³/mol. The molecule has 1 aromatic carbocycles. The summed E-state index contributed by atoms with van der Waals surface area (Å²) in [4.78, 5) is 11.2. The van der Waals surface area contributed by atoms with Crippen molar-refractivity contribution in [1.29, 1.82) is 0 Å². The van der Waals surface area contributed by atoms with Crippen molar-refractivity contribution in [2.24, 2.45) is 0 Å². The molecular formula is C9H10BNO2. The molecule has 0 bridgehead atoms. The van der Waals surface area contributed by atoms with Crippen LogP contribution in [0, 0.1) is 0 Å². The minimum absolute atomic E-state index is 0.175. The molecule has 0 saturated carbocycles. The second-order valence-corrected chi connectivity index (χ2v) is 2.57. The van der Waals surface area contributed by atoms with Crippen molar-refractivity contribution in [1.82, 2.24) is 5.32 Å². The van der Waals surface area contributed by atoms with Gasteiger partial charge in [0.1, 0.15) is 13.6 Å². The van der Waals surface area contributed by atoms with Crippen LogP contribution in [0.4, 0.5) is 0 Å². The highest BCUT2D eigenvalue weighted by atomic mass is 16.5. The molecule has 0 spiro atoms. The van der Waals surface area contributed by atoms with Crippen molar-refractivity contribution in [3.05, 3.63) is 23.8 Å². The number of amides is 1. The van der Waals surface area contributed by atoms with Crippen LogP contribution in [-0.2, 0) is 0 Å². The summed E-state index contributed by atoms with van der Waals surface area (Å²) in [5, 5.41) is 2.51. The van der Waals surface area contributed by atoms with Gasteiger partial charge in [-0.05, 0) is 12.1 Å². The molecule has 0 aliphatic carbocycles. The number of benzene rings is 1. The SMILES string of the molecule is [B]c1cc(OC)cc(C(=O)NC)c1. The summed E-state index contributed by atoms with van der Waals surface area (Å²) in [5.74, 6) is 0.407. The van der Waals surface area contributed by atoms with Crippen LogP contribution < -0.4 is 15.5 Å². The quantitative estimate of drug-likeness (QED) is 0.634. The van der Waals surface area contributed by atoms with E-state index < -0.39 is 0 Å². The lowest BCUT2D eigenvalue weighted by molar-refractivity contribution is 0.0963. The minimum atomic E-state index is -0.175. The van der Waals surface area contributed by atoms with E-state index in [1.807, 2.05) is 0 Å². The van der Waals surface area contributed by atoms with Crippen molar-refractivity contribution in [2.75, 3.05) is 14.2 Å². The van der Waals surface area contributed by atoms with E-state index in [1.54, 1.807) is 25.2 Å². The highest BCUT2D eigenvalue weighted by Gasteiger charge is 2.04. The lowest BCUT2D eigenvalue weighted by Crippen LogP contribution is -2.19. The zero-order valence-electron chi connectivity index (χ0n) is 7.63. The molecule has 0 unspecified atom stereocenters. The molecule has 3 nitrogen and oxygen atoms in total. The van der Waals surface area contributed by atoms with E-state index in [-0.39, 0.29) is 5.91 Å². The number of methoxy groups -OCH3 is 1. The van der Waals surface area contributed by atoms with Crippen LogP contribution >= 0.6 is 0 Å². The Morgan fingerprint density at radius 1 is 1.46 bits per heavy atom. The zero-order chi connectivity index (χ0) is 9.84. The average Bonchev–Trinajstić information content (AvgIpc) is 2.15. The number of hydrogen-bond donors (Lipinski definition) is 1. The second-order valence-electron chi connectivity index (χ2n) is 2.57. The Labute approximate surface area is 78.5 Å². The van der Waals surface area contributed by atoms with Gasteiger partial charge in [-0.25, -0.2) is 0 Å². The molecule has 1 aromatic rings. The average molecular weight is 175 g/mol. The van der Waals surface area contributed by atoms with Crippen LogP contribution in [0.5, 0.6) is 5.75 Å². The van der Waals surface area contributed by atoms with Gasteiger partial charge >= 0.3 is 0 Å². The highest BCUT2D eigenvalue weighted by Crippen LogP contribution is 2.10. The summed E-state index contributed by atoms with van der Waals surface area (Å²) in [5.41, 5.74) is 1.01. The summed E-state index contributed by atoms with van der Waals surface area (Å²) in [7, 11) is 8.67. The Morgan fingerprint density at radius 2 is 2.15 bits per heavy atom. The van der Waals surface area contributed by atoms with E-state index >= 15 is 0 Å². The van der Waals surface area contributed by atoms with Gasteiger partial charge in [-0.3, -0.25) is 4.79 Å². The van der Waals surface area contributed by atoms with E-state index in [0.717, 1.165) is 0 Å². The van der Waals surface area contributed by atoms with Crippen molar-refractivity contribution >= 4 is 19.2 Å². The van der Waals surface area contributed by atoms with Gasteiger partial charge in [0.15, 0.2) is 0 Å². The fraction of sp³-hybridized carbons (Fsp3) is 0.222. The van der Waals surface area contributed by atoms with Gasteiger partial charge in [0.2, 0.25) is 0 Å². The Hall–Kier alpha value is -1.45. The smallest absolute Gasteiger partial charge is 0.251 e. The van der Waals surface area contributed by atoms with Crippen LogP contribution in [0.3, 0.4) is 0 Å². The normalized spacial score (nSPS) is 9.38. The number of hydrogen-bond acceptors (Lipinski definition) is 2. The van der Waals surface area contributed by atoms with E-state index in [4.69, 9.17) is 12.6 Å². The molecule has 0 fully saturated rings. The molecule has 0 atom stereocenters.